The van der Waals surface area contributed by atoms with Gasteiger partial charge in [0.2, 0.25) is 0 Å². The first-order valence-electron chi connectivity index (χ1n) is 7.88. The molecule has 0 aliphatic rings. The number of rotatable bonds is 6. The van der Waals surface area contributed by atoms with E-state index in [2.05, 4.69) is 31.2 Å². The number of methoxy groups -OCH3 is 1. The molecule has 0 spiro atoms. The van der Waals surface area contributed by atoms with Crippen molar-refractivity contribution >= 4 is 41.0 Å². The fraction of sp³-hybridized carbons (Fsp3) is 0.529. The summed E-state index contributed by atoms with van der Waals surface area (Å²) in [5, 5.41) is 6.61. The summed E-state index contributed by atoms with van der Waals surface area (Å²) in [6.07, 6.45) is 0. The van der Waals surface area contributed by atoms with Crippen molar-refractivity contribution in [1.82, 2.24) is 20.2 Å². The molecule has 1 aromatic heterocycles. The molecule has 0 amide bonds. The van der Waals surface area contributed by atoms with Crippen LogP contribution in [-0.4, -0.2) is 48.4 Å². The minimum Gasteiger partial charge on any atom is -0.377 e. The molecule has 6 nitrogen and oxygen atoms in total. The smallest absolute Gasteiger partial charge is 0.191 e. The summed E-state index contributed by atoms with van der Waals surface area (Å²) in [6.45, 7) is 8.40. The van der Waals surface area contributed by atoms with Crippen molar-refractivity contribution in [2.75, 3.05) is 27.2 Å². The van der Waals surface area contributed by atoms with Gasteiger partial charge in [0.25, 0.3) is 0 Å². The Labute approximate surface area is 161 Å². The van der Waals surface area contributed by atoms with Crippen LogP contribution in [0.25, 0.3) is 11.0 Å². The van der Waals surface area contributed by atoms with Crippen LogP contribution in [0.1, 0.15) is 19.7 Å². The highest BCUT2D eigenvalue weighted by Crippen LogP contribution is 2.14. The van der Waals surface area contributed by atoms with Crippen molar-refractivity contribution in [2.45, 2.75) is 32.9 Å². The number of halogens is 1. The molecule has 0 radical (unpaired) electrons. The molecule has 2 aromatic rings. The third-order valence-electron chi connectivity index (χ3n) is 3.93. The number of ether oxygens (including phenoxy) is 1. The standard InChI is InChI=1S/C17H27N5O.HI/c1-13-21-14-8-6-7-9-15(14)22(13)11-10-19-16(18-4)20-12-17(2,3)23-5;/h6-9H,10-12H2,1-5H3,(H2,18,19,20);1H. The van der Waals surface area contributed by atoms with Gasteiger partial charge in [-0.3, -0.25) is 4.99 Å². The molecule has 0 fully saturated rings. The predicted molar refractivity (Wildman–Crippen MR) is 110 cm³/mol. The quantitative estimate of drug-likeness (QED) is 0.408. The Morgan fingerprint density at radius 2 is 2.00 bits per heavy atom. The first kappa shape index (κ1) is 20.7. The van der Waals surface area contributed by atoms with Crippen LogP contribution in [0.3, 0.4) is 0 Å². The van der Waals surface area contributed by atoms with Gasteiger partial charge in [-0.25, -0.2) is 4.98 Å². The molecule has 24 heavy (non-hydrogen) atoms. The van der Waals surface area contributed by atoms with E-state index < -0.39 is 0 Å². The molecule has 0 aliphatic heterocycles. The zero-order valence-corrected chi connectivity index (χ0v) is 17.4. The van der Waals surface area contributed by atoms with E-state index in [0.29, 0.717) is 6.54 Å². The van der Waals surface area contributed by atoms with Gasteiger partial charge in [-0.15, -0.1) is 24.0 Å². The van der Waals surface area contributed by atoms with E-state index in [1.807, 2.05) is 39.0 Å². The van der Waals surface area contributed by atoms with Crippen LogP contribution in [0.15, 0.2) is 29.3 Å². The zero-order valence-electron chi connectivity index (χ0n) is 15.1. The summed E-state index contributed by atoms with van der Waals surface area (Å²) in [6, 6.07) is 8.20. The van der Waals surface area contributed by atoms with E-state index in [1.165, 1.54) is 0 Å². The Bertz CT molecular complexity index is 681. The van der Waals surface area contributed by atoms with Crippen LogP contribution >= 0.6 is 24.0 Å². The van der Waals surface area contributed by atoms with Crippen molar-refractivity contribution in [3.8, 4) is 0 Å². The number of nitrogens with zero attached hydrogens (tertiary/aromatic N) is 3. The minimum absolute atomic E-state index is 0. The van der Waals surface area contributed by atoms with E-state index in [4.69, 9.17) is 4.74 Å². The maximum absolute atomic E-state index is 5.40. The summed E-state index contributed by atoms with van der Waals surface area (Å²) in [7, 11) is 3.48. The van der Waals surface area contributed by atoms with Crippen molar-refractivity contribution < 1.29 is 4.74 Å². The first-order chi connectivity index (χ1) is 11.0. The number of nitrogens with one attached hydrogen (secondary N) is 2. The topological polar surface area (TPSA) is 63.5 Å². The van der Waals surface area contributed by atoms with E-state index in [9.17, 15) is 0 Å². The molecule has 7 heteroatoms. The zero-order chi connectivity index (χ0) is 16.9. The molecule has 2 rings (SSSR count). The second kappa shape index (κ2) is 9.22. The number of hydrogen-bond donors (Lipinski definition) is 2. The number of benzene rings is 1. The first-order valence-corrected chi connectivity index (χ1v) is 7.88. The van der Waals surface area contributed by atoms with E-state index in [-0.39, 0.29) is 29.6 Å². The average Bonchev–Trinajstić information content (AvgIpc) is 2.86. The van der Waals surface area contributed by atoms with Crippen LogP contribution in [-0.2, 0) is 11.3 Å². The maximum Gasteiger partial charge on any atom is 0.191 e. The predicted octanol–water partition coefficient (Wildman–Crippen LogP) is 2.55. The molecular formula is C17H28IN5O. The number of fused-ring (bicyclic) bond motifs is 1. The van der Waals surface area contributed by atoms with Crippen molar-refractivity contribution in [3.05, 3.63) is 30.1 Å². The normalized spacial score (nSPS) is 12.1. The molecular weight excluding hydrogens is 417 g/mol. The summed E-state index contributed by atoms with van der Waals surface area (Å²) in [4.78, 5) is 8.83. The van der Waals surface area contributed by atoms with Crippen LogP contribution < -0.4 is 10.6 Å². The Hall–Kier alpha value is -1.35. The summed E-state index contributed by atoms with van der Waals surface area (Å²) in [5.74, 6) is 1.80. The highest BCUT2D eigenvalue weighted by molar-refractivity contribution is 14.0. The van der Waals surface area contributed by atoms with E-state index in [1.54, 1.807) is 14.2 Å². The average molecular weight is 445 g/mol. The Morgan fingerprint density at radius 3 is 2.67 bits per heavy atom. The molecule has 0 atom stereocenters. The highest BCUT2D eigenvalue weighted by Gasteiger charge is 2.16. The van der Waals surface area contributed by atoms with Gasteiger partial charge in [0.05, 0.1) is 16.6 Å². The van der Waals surface area contributed by atoms with Gasteiger partial charge in [0.15, 0.2) is 5.96 Å². The minimum atomic E-state index is -0.227. The van der Waals surface area contributed by atoms with Gasteiger partial charge in [0, 0.05) is 33.8 Å². The largest absolute Gasteiger partial charge is 0.377 e. The lowest BCUT2D eigenvalue weighted by Crippen LogP contribution is -2.45. The molecule has 2 N–H and O–H groups in total. The SMILES string of the molecule is CN=C(NCCn1c(C)nc2ccccc21)NCC(C)(C)OC.I. The van der Waals surface area contributed by atoms with Gasteiger partial charge in [0.1, 0.15) is 5.82 Å². The number of aliphatic imine (C=N–C) groups is 1. The lowest BCUT2D eigenvalue weighted by Gasteiger charge is -2.24. The molecule has 0 saturated carbocycles. The van der Waals surface area contributed by atoms with Crippen molar-refractivity contribution in [2.24, 2.45) is 4.99 Å². The molecule has 1 heterocycles. The lowest BCUT2D eigenvalue weighted by molar-refractivity contribution is 0.0268. The fourth-order valence-corrected chi connectivity index (χ4v) is 2.35. The highest BCUT2D eigenvalue weighted by atomic mass is 127. The molecule has 134 valence electrons. The number of aromatic nitrogens is 2. The van der Waals surface area contributed by atoms with E-state index in [0.717, 1.165) is 35.9 Å². The molecule has 0 aliphatic carbocycles. The summed E-state index contributed by atoms with van der Waals surface area (Å²) >= 11 is 0. The number of aryl methyl sites for hydroxylation is 1. The summed E-state index contributed by atoms with van der Waals surface area (Å²) in [5.41, 5.74) is 1.97. The Kier molecular flexibility index (Phi) is 7.95. The third kappa shape index (κ3) is 5.34. The fourth-order valence-electron chi connectivity index (χ4n) is 2.35. The summed E-state index contributed by atoms with van der Waals surface area (Å²) < 4.78 is 7.62. The van der Waals surface area contributed by atoms with Crippen LogP contribution in [0.5, 0.6) is 0 Å². The molecule has 0 bridgehead atoms. The second-order valence-electron chi connectivity index (χ2n) is 6.12. The number of para-hydroxylation sites is 2. The van der Waals surface area contributed by atoms with Crippen LogP contribution in [0.4, 0.5) is 0 Å². The van der Waals surface area contributed by atoms with Gasteiger partial charge >= 0.3 is 0 Å². The Morgan fingerprint density at radius 1 is 1.29 bits per heavy atom. The number of hydrogen-bond acceptors (Lipinski definition) is 3. The number of guanidine groups is 1. The monoisotopic (exact) mass is 445 g/mol. The van der Waals surface area contributed by atoms with Gasteiger partial charge in [-0.2, -0.15) is 0 Å². The van der Waals surface area contributed by atoms with Gasteiger partial charge < -0.3 is 19.9 Å². The van der Waals surface area contributed by atoms with Gasteiger partial charge in [-0.1, -0.05) is 12.1 Å². The molecule has 0 saturated heterocycles. The molecule has 0 unspecified atom stereocenters. The Balaban J connectivity index is 0.00000288. The van der Waals surface area contributed by atoms with Crippen molar-refractivity contribution in [1.29, 1.82) is 0 Å². The van der Waals surface area contributed by atoms with Crippen molar-refractivity contribution in [3.63, 3.8) is 0 Å². The molecule has 1 aromatic carbocycles. The number of imidazole rings is 1. The second-order valence-corrected chi connectivity index (χ2v) is 6.12. The maximum atomic E-state index is 5.40. The van der Waals surface area contributed by atoms with Crippen LogP contribution in [0, 0.1) is 6.92 Å². The van der Waals surface area contributed by atoms with Crippen LogP contribution in [0.2, 0.25) is 0 Å². The lowest BCUT2D eigenvalue weighted by atomic mass is 10.1. The third-order valence-corrected chi connectivity index (χ3v) is 3.93. The van der Waals surface area contributed by atoms with E-state index >= 15 is 0 Å². The van der Waals surface area contributed by atoms with Gasteiger partial charge in [-0.05, 0) is 32.9 Å².